The third-order valence-corrected chi connectivity index (χ3v) is 2.93. The summed E-state index contributed by atoms with van der Waals surface area (Å²) in [6.07, 6.45) is 2.58. The maximum Gasteiger partial charge on any atom is 0.373 e. The molecule has 0 unspecified atom stereocenters. The minimum Gasteiger partial charge on any atom is -0.475 e. The molecule has 0 aliphatic heterocycles. The standard InChI is InChI=1S/C7H9N2O3P.ClH/c1-13(2,12)5-3-8-6(7(10)11)9-4-5;/h3-4H,1-2H3,(H,10,11);1H. The molecule has 1 aromatic heterocycles. The van der Waals surface area contributed by atoms with Crippen LogP contribution in [0.4, 0.5) is 0 Å². The van der Waals surface area contributed by atoms with Crippen molar-refractivity contribution >= 4 is 30.8 Å². The summed E-state index contributed by atoms with van der Waals surface area (Å²) in [7, 11) is -2.39. The summed E-state index contributed by atoms with van der Waals surface area (Å²) in [6, 6.07) is 0. The summed E-state index contributed by atoms with van der Waals surface area (Å²) < 4.78 is 11.5. The highest BCUT2D eigenvalue weighted by molar-refractivity contribution is 7.70. The van der Waals surface area contributed by atoms with Crippen LogP contribution in [0.3, 0.4) is 0 Å². The van der Waals surface area contributed by atoms with Crippen LogP contribution >= 0.6 is 19.5 Å². The normalized spacial score (nSPS) is 10.4. The van der Waals surface area contributed by atoms with Crippen LogP contribution in [0.25, 0.3) is 0 Å². The number of carboxylic acids is 1. The molecular weight excluding hydrogens is 227 g/mol. The van der Waals surface area contributed by atoms with E-state index in [1.807, 2.05) is 0 Å². The SMILES string of the molecule is CP(C)(=O)c1cnc(C(=O)O)nc1.Cl. The first-order chi connectivity index (χ1) is 5.91. The lowest BCUT2D eigenvalue weighted by Crippen LogP contribution is -2.11. The van der Waals surface area contributed by atoms with Gasteiger partial charge in [0.15, 0.2) is 0 Å². The molecule has 0 radical (unpaired) electrons. The van der Waals surface area contributed by atoms with Gasteiger partial charge in [-0.3, -0.25) is 0 Å². The van der Waals surface area contributed by atoms with Crippen molar-refractivity contribution in [3.05, 3.63) is 18.2 Å². The van der Waals surface area contributed by atoms with Gasteiger partial charge in [-0.15, -0.1) is 12.4 Å². The van der Waals surface area contributed by atoms with E-state index in [4.69, 9.17) is 5.11 Å². The maximum absolute atomic E-state index is 11.5. The fraction of sp³-hybridized carbons (Fsp3) is 0.286. The van der Waals surface area contributed by atoms with Gasteiger partial charge in [-0.1, -0.05) is 0 Å². The molecule has 1 rings (SSSR count). The summed E-state index contributed by atoms with van der Waals surface area (Å²) in [5.41, 5.74) is 0. The lowest BCUT2D eigenvalue weighted by molar-refractivity contribution is 0.0683. The average molecular weight is 237 g/mol. The fourth-order valence-corrected chi connectivity index (χ4v) is 1.38. The highest BCUT2D eigenvalue weighted by atomic mass is 35.5. The first-order valence-corrected chi connectivity index (χ1v) is 6.12. The molecule has 1 heterocycles. The molecule has 0 amide bonds. The largest absolute Gasteiger partial charge is 0.475 e. The quantitative estimate of drug-likeness (QED) is 0.770. The fourth-order valence-electron chi connectivity index (χ4n) is 0.710. The monoisotopic (exact) mass is 236 g/mol. The molecule has 0 fully saturated rings. The van der Waals surface area contributed by atoms with E-state index >= 15 is 0 Å². The zero-order valence-electron chi connectivity index (χ0n) is 7.67. The molecule has 0 bridgehead atoms. The van der Waals surface area contributed by atoms with E-state index in [2.05, 4.69) is 9.97 Å². The lowest BCUT2D eigenvalue weighted by Gasteiger charge is -2.04. The van der Waals surface area contributed by atoms with Gasteiger partial charge < -0.3 is 9.67 Å². The predicted octanol–water partition coefficient (Wildman–Crippen LogP) is 0.845. The average Bonchev–Trinajstić information content (AvgIpc) is 2.03. The smallest absolute Gasteiger partial charge is 0.373 e. The Hall–Kier alpha value is -0.930. The van der Waals surface area contributed by atoms with E-state index in [-0.39, 0.29) is 18.2 Å². The Balaban J connectivity index is 0.00000169. The highest BCUT2D eigenvalue weighted by Gasteiger charge is 2.13. The number of aromatic carboxylic acids is 1. The third kappa shape index (κ3) is 3.09. The number of carboxylic acid groups (broad SMARTS) is 1. The van der Waals surface area contributed by atoms with Crippen molar-refractivity contribution in [1.82, 2.24) is 9.97 Å². The summed E-state index contributed by atoms with van der Waals surface area (Å²) in [5, 5.41) is 8.97. The Morgan fingerprint density at radius 2 is 1.79 bits per heavy atom. The summed E-state index contributed by atoms with van der Waals surface area (Å²) >= 11 is 0. The molecule has 0 aliphatic carbocycles. The molecule has 0 spiro atoms. The number of carbonyl (C=O) groups is 1. The van der Waals surface area contributed by atoms with Gasteiger partial charge in [0.05, 0.1) is 0 Å². The zero-order valence-corrected chi connectivity index (χ0v) is 9.38. The number of halogens is 1. The number of hydrogen-bond acceptors (Lipinski definition) is 4. The summed E-state index contributed by atoms with van der Waals surface area (Å²) in [4.78, 5) is 17.5. The van der Waals surface area contributed by atoms with Gasteiger partial charge in [-0.25, -0.2) is 14.8 Å². The molecule has 0 aliphatic rings. The van der Waals surface area contributed by atoms with E-state index in [0.29, 0.717) is 5.30 Å². The maximum atomic E-state index is 11.5. The van der Waals surface area contributed by atoms with E-state index in [0.717, 1.165) is 0 Å². The lowest BCUT2D eigenvalue weighted by atomic mass is 10.6. The topological polar surface area (TPSA) is 80.2 Å². The molecule has 14 heavy (non-hydrogen) atoms. The predicted molar refractivity (Wildman–Crippen MR) is 55.3 cm³/mol. The molecule has 0 aromatic carbocycles. The third-order valence-electron chi connectivity index (χ3n) is 1.45. The molecule has 5 nitrogen and oxygen atoms in total. The van der Waals surface area contributed by atoms with Crippen molar-refractivity contribution in [1.29, 1.82) is 0 Å². The Bertz CT molecular complexity index is 373. The molecule has 78 valence electrons. The summed E-state index contributed by atoms with van der Waals surface area (Å²) in [5.74, 6) is -1.47. The molecular formula is C7H10ClN2O3P. The van der Waals surface area contributed by atoms with Crippen LogP contribution in [0, 0.1) is 0 Å². The second kappa shape index (κ2) is 4.53. The first-order valence-electron chi connectivity index (χ1n) is 3.52. The minimum atomic E-state index is -2.39. The van der Waals surface area contributed by atoms with Crippen LogP contribution in [0.1, 0.15) is 10.6 Å². The van der Waals surface area contributed by atoms with Gasteiger partial charge in [-0.2, -0.15) is 0 Å². The van der Waals surface area contributed by atoms with Crippen molar-refractivity contribution in [3.63, 3.8) is 0 Å². The molecule has 1 N–H and O–H groups in total. The second-order valence-electron chi connectivity index (χ2n) is 2.92. The van der Waals surface area contributed by atoms with E-state index in [1.54, 1.807) is 13.3 Å². The van der Waals surface area contributed by atoms with Crippen molar-refractivity contribution < 1.29 is 14.5 Å². The van der Waals surface area contributed by atoms with Crippen LogP contribution in [-0.4, -0.2) is 34.4 Å². The second-order valence-corrected chi connectivity index (χ2v) is 6.14. The van der Waals surface area contributed by atoms with Crippen LogP contribution in [0.2, 0.25) is 0 Å². The number of rotatable bonds is 2. The van der Waals surface area contributed by atoms with Crippen molar-refractivity contribution in [3.8, 4) is 0 Å². The van der Waals surface area contributed by atoms with E-state index in [1.165, 1.54) is 12.4 Å². The first kappa shape index (κ1) is 13.1. The van der Waals surface area contributed by atoms with Crippen LogP contribution < -0.4 is 5.30 Å². The van der Waals surface area contributed by atoms with Crippen molar-refractivity contribution in [2.24, 2.45) is 0 Å². The van der Waals surface area contributed by atoms with E-state index < -0.39 is 13.1 Å². The Kier molecular flexibility index (Phi) is 4.23. The number of nitrogens with zero attached hydrogens (tertiary/aromatic N) is 2. The van der Waals surface area contributed by atoms with Gasteiger partial charge in [0.1, 0.15) is 7.14 Å². The van der Waals surface area contributed by atoms with Gasteiger partial charge >= 0.3 is 5.97 Å². The highest BCUT2D eigenvalue weighted by Crippen LogP contribution is 2.33. The van der Waals surface area contributed by atoms with Crippen LogP contribution in [0.15, 0.2) is 12.4 Å². The van der Waals surface area contributed by atoms with Crippen molar-refractivity contribution in [2.75, 3.05) is 13.3 Å². The van der Waals surface area contributed by atoms with Crippen molar-refractivity contribution in [2.45, 2.75) is 0 Å². The van der Waals surface area contributed by atoms with Gasteiger partial charge in [0.2, 0.25) is 5.82 Å². The Labute approximate surface area is 87.4 Å². The molecule has 7 heteroatoms. The molecule has 0 saturated heterocycles. The number of aromatic nitrogens is 2. The van der Waals surface area contributed by atoms with Gasteiger partial charge in [0.25, 0.3) is 0 Å². The number of hydrogen-bond donors (Lipinski definition) is 1. The zero-order chi connectivity index (χ0) is 10.1. The van der Waals surface area contributed by atoms with Crippen LogP contribution in [0.5, 0.6) is 0 Å². The Morgan fingerprint density at radius 1 is 1.36 bits per heavy atom. The molecule has 0 saturated carbocycles. The molecule has 1 aromatic rings. The Morgan fingerprint density at radius 3 is 2.07 bits per heavy atom. The minimum absolute atomic E-state index is 0. The summed E-state index contributed by atoms with van der Waals surface area (Å²) in [6.45, 7) is 3.15. The van der Waals surface area contributed by atoms with E-state index in [9.17, 15) is 9.36 Å². The van der Waals surface area contributed by atoms with Crippen LogP contribution in [-0.2, 0) is 4.57 Å². The van der Waals surface area contributed by atoms with Gasteiger partial charge in [0, 0.05) is 17.7 Å². The van der Waals surface area contributed by atoms with Gasteiger partial charge in [-0.05, 0) is 13.3 Å². The molecule has 0 atom stereocenters.